The third kappa shape index (κ3) is 2.67. The van der Waals surface area contributed by atoms with Crippen LogP contribution in [0.4, 0.5) is 5.69 Å². The van der Waals surface area contributed by atoms with E-state index in [-0.39, 0.29) is 5.91 Å². The van der Waals surface area contributed by atoms with Crippen LogP contribution in [0.15, 0.2) is 18.2 Å². The number of nitrogens with zero attached hydrogens (tertiary/aromatic N) is 1. The maximum Gasteiger partial charge on any atom is 0.254 e. The molecule has 0 aromatic heterocycles. The second kappa shape index (κ2) is 5.86. The summed E-state index contributed by atoms with van der Waals surface area (Å²) in [5.41, 5.74) is 3.36. The number of benzene rings is 1. The van der Waals surface area contributed by atoms with E-state index in [1.807, 2.05) is 6.07 Å². The van der Waals surface area contributed by atoms with E-state index in [9.17, 15) is 4.79 Å². The van der Waals surface area contributed by atoms with Crippen LogP contribution in [-0.4, -0.2) is 29.9 Å². The van der Waals surface area contributed by atoms with Crippen molar-refractivity contribution < 1.29 is 4.79 Å². The SMILES string of the molecule is CC1CCCCCN1C(=O)c1ccc2c(c1)CCCN2. The molecule has 1 aromatic carbocycles. The van der Waals surface area contributed by atoms with Gasteiger partial charge in [0.1, 0.15) is 0 Å². The maximum absolute atomic E-state index is 12.8. The van der Waals surface area contributed by atoms with Gasteiger partial charge in [-0.25, -0.2) is 0 Å². The second-order valence-electron chi connectivity index (χ2n) is 6.10. The molecule has 1 saturated heterocycles. The molecule has 0 saturated carbocycles. The molecule has 2 aliphatic rings. The van der Waals surface area contributed by atoms with E-state index in [0.29, 0.717) is 6.04 Å². The smallest absolute Gasteiger partial charge is 0.254 e. The summed E-state index contributed by atoms with van der Waals surface area (Å²) in [5.74, 6) is 0.216. The molecular formula is C17H24N2O. The molecule has 1 N–H and O–H groups in total. The number of hydrogen-bond acceptors (Lipinski definition) is 2. The van der Waals surface area contributed by atoms with Gasteiger partial charge in [0.25, 0.3) is 5.91 Å². The van der Waals surface area contributed by atoms with E-state index in [1.54, 1.807) is 0 Å². The molecule has 0 aliphatic carbocycles. The highest BCUT2D eigenvalue weighted by molar-refractivity contribution is 5.95. The molecule has 1 aromatic rings. The normalized spacial score (nSPS) is 22.6. The molecule has 1 fully saturated rings. The molecule has 2 aliphatic heterocycles. The Balaban J connectivity index is 1.82. The van der Waals surface area contributed by atoms with Crippen LogP contribution in [0.2, 0.25) is 0 Å². The van der Waals surface area contributed by atoms with Gasteiger partial charge in [0.05, 0.1) is 0 Å². The molecule has 108 valence electrons. The van der Waals surface area contributed by atoms with Crippen LogP contribution in [-0.2, 0) is 6.42 Å². The quantitative estimate of drug-likeness (QED) is 0.849. The number of carbonyl (C=O) groups is 1. The molecule has 1 unspecified atom stereocenters. The van der Waals surface area contributed by atoms with Gasteiger partial charge in [0.15, 0.2) is 0 Å². The fraction of sp³-hybridized carbons (Fsp3) is 0.588. The number of hydrogen-bond donors (Lipinski definition) is 1. The summed E-state index contributed by atoms with van der Waals surface area (Å²) in [7, 11) is 0. The number of likely N-dealkylation sites (tertiary alicyclic amines) is 1. The number of amides is 1. The van der Waals surface area contributed by atoms with Gasteiger partial charge >= 0.3 is 0 Å². The highest BCUT2D eigenvalue weighted by atomic mass is 16.2. The van der Waals surface area contributed by atoms with Crippen molar-refractivity contribution in [1.82, 2.24) is 4.90 Å². The Kier molecular flexibility index (Phi) is 3.95. The summed E-state index contributed by atoms with van der Waals surface area (Å²) in [4.78, 5) is 14.8. The standard InChI is InChI=1S/C17H24N2O/c1-13-6-3-2-4-11-19(13)17(20)15-8-9-16-14(12-15)7-5-10-18-16/h8-9,12-13,18H,2-7,10-11H2,1H3. The third-order valence-corrected chi connectivity index (χ3v) is 4.60. The Morgan fingerprint density at radius 2 is 2.15 bits per heavy atom. The summed E-state index contributed by atoms with van der Waals surface area (Å²) < 4.78 is 0. The fourth-order valence-corrected chi connectivity index (χ4v) is 3.35. The average Bonchev–Trinajstić information content (AvgIpc) is 2.70. The summed E-state index contributed by atoms with van der Waals surface area (Å²) in [6.45, 7) is 4.14. The topological polar surface area (TPSA) is 32.3 Å². The van der Waals surface area contributed by atoms with Crippen molar-refractivity contribution in [2.24, 2.45) is 0 Å². The number of aryl methyl sites for hydroxylation is 1. The van der Waals surface area contributed by atoms with E-state index in [4.69, 9.17) is 0 Å². The zero-order valence-electron chi connectivity index (χ0n) is 12.3. The summed E-state index contributed by atoms with van der Waals surface area (Å²) in [5, 5.41) is 3.40. The minimum absolute atomic E-state index is 0.216. The van der Waals surface area contributed by atoms with Gasteiger partial charge in [-0.05, 0) is 56.4 Å². The molecule has 3 nitrogen and oxygen atoms in total. The Morgan fingerprint density at radius 3 is 3.05 bits per heavy atom. The molecule has 0 radical (unpaired) electrons. The summed E-state index contributed by atoms with van der Waals surface area (Å²) in [6, 6.07) is 6.53. The molecule has 1 atom stereocenters. The molecule has 1 amide bonds. The molecule has 3 heteroatoms. The Hall–Kier alpha value is -1.51. The molecule has 0 spiro atoms. The summed E-state index contributed by atoms with van der Waals surface area (Å²) >= 11 is 0. The van der Waals surface area contributed by atoms with Crippen molar-refractivity contribution in [3.63, 3.8) is 0 Å². The molecule has 2 heterocycles. The number of fused-ring (bicyclic) bond motifs is 1. The average molecular weight is 272 g/mol. The van der Waals surface area contributed by atoms with Crippen molar-refractivity contribution in [3.8, 4) is 0 Å². The van der Waals surface area contributed by atoms with Crippen LogP contribution in [0.25, 0.3) is 0 Å². The lowest BCUT2D eigenvalue weighted by molar-refractivity contribution is 0.0698. The van der Waals surface area contributed by atoms with Gasteiger partial charge in [0, 0.05) is 30.4 Å². The van der Waals surface area contributed by atoms with Crippen LogP contribution >= 0.6 is 0 Å². The minimum Gasteiger partial charge on any atom is -0.385 e. The van der Waals surface area contributed by atoms with Crippen molar-refractivity contribution in [2.75, 3.05) is 18.4 Å². The van der Waals surface area contributed by atoms with Crippen LogP contribution in [0.3, 0.4) is 0 Å². The largest absolute Gasteiger partial charge is 0.385 e. The first-order valence-corrected chi connectivity index (χ1v) is 7.93. The fourth-order valence-electron chi connectivity index (χ4n) is 3.35. The van der Waals surface area contributed by atoms with Crippen LogP contribution in [0.1, 0.15) is 54.9 Å². The zero-order chi connectivity index (χ0) is 13.9. The lowest BCUT2D eigenvalue weighted by Crippen LogP contribution is -2.38. The molecule has 20 heavy (non-hydrogen) atoms. The van der Waals surface area contributed by atoms with Gasteiger partial charge < -0.3 is 10.2 Å². The number of anilines is 1. The number of carbonyl (C=O) groups excluding carboxylic acids is 1. The van der Waals surface area contributed by atoms with Crippen molar-refractivity contribution in [3.05, 3.63) is 29.3 Å². The highest BCUT2D eigenvalue weighted by Gasteiger charge is 2.23. The van der Waals surface area contributed by atoms with Crippen molar-refractivity contribution in [1.29, 1.82) is 0 Å². The van der Waals surface area contributed by atoms with E-state index < -0.39 is 0 Å². The Labute approximate surface area is 121 Å². The van der Waals surface area contributed by atoms with E-state index in [1.165, 1.54) is 24.1 Å². The molecule has 0 bridgehead atoms. The van der Waals surface area contributed by atoms with Crippen LogP contribution in [0, 0.1) is 0 Å². The van der Waals surface area contributed by atoms with E-state index in [2.05, 4.69) is 29.3 Å². The molecule has 3 rings (SSSR count). The van der Waals surface area contributed by atoms with Gasteiger partial charge in [-0.3, -0.25) is 4.79 Å². The maximum atomic E-state index is 12.8. The van der Waals surface area contributed by atoms with Crippen molar-refractivity contribution >= 4 is 11.6 Å². The second-order valence-corrected chi connectivity index (χ2v) is 6.10. The number of rotatable bonds is 1. The predicted octanol–water partition coefficient (Wildman–Crippen LogP) is 3.45. The van der Waals surface area contributed by atoms with Crippen molar-refractivity contribution in [2.45, 2.75) is 51.5 Å². The highest BCUT2D eigenvalue weighted by Crippen LogP contribution is 2.25. The lowest BCUT2D eigenvalue weighted by Gasteiger charge is -2.28. The van der Waals surface area contributed by atoms with E-state index >= 15 is 0 Å². The first-order valence-electron chi connectivity index (χ1n) is 7.93. The number of nitrogens with one attached hydrogen (secondary N) is 1. The van der Waals surface area contributed by atoms with E-state index in [0.717, 1.165) is 44.3 Å². The minimum atomic E-state index is 0.216. The third-order valence-electron chi connectivity index (χ3n) is 4.60. The molecular weight excluding hydrogens is 248 g/mol. The Morgan fingerprint density at radius 1 is 1.25 bits per heavy atom. The Bertz CT molecular complexity index is 498. The van der Waals surface area contributed by atoms with Crippen LogP contribution < -0.4 is 5.32 Å². The zero-order valence-corrected chi connectivity index (χ0v) is 12.3. The van der Waals surface area contributed by atoms with Gasteiger partial charge in [-0.15, -0.1) is 0 Å². The van der Waals surface area contributed by atoms with Gasteiger partial charge in [0.2, 0.25) is 0 Å². The van der Waals surface area contributed by atoms with Crippen LogP contribution in [0.5, 0.6) is 0 Å². The first-order chi connectivity index (χ1) is 9.75. The van der Waals surface area contributed by atoms with Gasteiger partial charge in [-0.1, -0.05) is 12.8 Å². The predicted molar refractivity (Wildman–Crippen MR) is 82.2 cm³/mol. The summed E-state index contributed by atoms with van der Waals surface area (Å²) in [6.07, 6.45) is 7.02. The lowest BCUT2D eigenvalue weighted by atomic mass is 10.00. The first kappa shape index (κ1) is 13.5. The monoisotopic (exact) mass is 272 g/mol. The van der Waals surface area contributed by atoms with Gasteiger partial charge in [-0.2, -0.15) is 0 Å².